The van der Waals surface area contributed by atoms with Crippen LogP contribution in [0.3, 0.4) is 0 Å². The van der Waals surface area contributed by atoms with Crippen LogP contribution in [-0.2, 0) is 14.9 Å². The average molecular weight is 374 g/mol. The van der Waals surface area contributed by atoms with Gasteiger partial charge in [0, 0.05) is 16.3 Å². The highest BCUT2D eigenvalue weighted by molar-refractivity contribution is 6.31. The number of benzene rings is 2. The molecule has 2 aromatic rings. The van der Waals surface area contributed by atoms with Gasteiger partial charge in [0.15, 0.2) is 0 Å². The maximum atomic E-state index is 9.67. The van der Waals surface area contributed by atoms with E-state index in [4.69, 9.17) is 21.1 Å². The number of phenols is 1. The van der Waals surface area contributed by atoms with Gasteiger partial charge in [-0.1, -0.05) is 50.6 Å². The molecule has 0 aromatic heterocycles. The molecule has 2 aliphatic rings. The minimum atomic E-state index is -0.173. The Balaban J connectivity index is 1.79. The highest BCUT2D eigenvalue weighted by Gasteiger charge is 2.42. The summed E-state index contributed by atoms with van der Waals surface area (Å²) < 4.78 is 12.2. The number of aromatic hydroxyl groups is 1. The van der Waals surface area contributed by atoms with Crippen LogP contribution in [0.25, 0.3) is 0 Å². The van der Waals surface area contributed by atoms with E-state index < -0.39 is 0 Å². The average Bonchev–Trinajstić information content (AvgIpc) is 2.60. The van der Waals surface area contributed by atoms with E-state index in [0.29, 0.717) is 18.2 Å². The normalized spacial score (nSPS) is 25.2. The van der Waals surface area contributed by atoms with E-state index >= 15 is 0 Å². The van der Waals surface area contributed by atoms with Crippen molar-refractivity contribution >= 4 is 17.3 Å². The first kappa shape index (κ1) is 17.7. The quantitative estimate of drug-likeness (QED) is 0.741. The lowest BCUT2D eigenvalue weighted by Gasteiger charge is -2.43. The summed E-state index contributed by atoms with van der Waals surface area (Å²) in [6, 6.07) is 11.4. The van der Waals surface area contributed by atoms with Gasteiger partial charge in [0.25, 0.3) is 0 Å². The predicted molar refractivity (Wildman–Crippen MR) is 103 cm³/mol. The van der Waals surface area contributed by atoms with Gasteiger partial charge in [-0.2, -0.15) is 0 Å². The molecule has 2 aliphatic heterocycles. The second kappa shape index (κ2) is 6.45. The molecule has 0 amide bonds. The summed E-state index contributed by atoms with van der Waals surface area (Å²) in [5.41, 5.74) is 4.41. The maximum Gasteiger partial charge on any atom is 0.117 e. The molecule has 4 rings (SSSR count). The third-order valence-corrected chi connectivity index (χ3v) is 5.50. The summed E-state index contributed by atoms with van der Waals surface area (Å²) in [5, 5.41) is 13.8. The molecule has 1 saturated heterocycles. The van der Waals surface area contributed by atoms with Gasteiger partial charge in [0.1, 0.15) is 18.0 Å². The monoisotopic (exact) mass is 373 g/mol. The lowest BCUT2D eigenvalue weighted by atomic mass is 9.82. The van der Waals surface area contributed by atoms with Crippen molar-refractivity contribution in [2.24, 2.45) is 0 Å². The molecule has 0 radical (unpaired) electrons. The minimum Gasteiger partial charge on any atom is -0.508 e. The van der Waals surface area contributed by atoms with Crippen LogP contribution in [0.4, 0.5) is 5.69 Å². The van der Waals surface area contributed by atoms with Crippen LogP contribution in [0.2, 0.25) is 5.02 Å². The number of hydrogen-bond donors (Lipinski definition) is 2. The Morgan fingerprint density at radius 3 is 2.54 bits per heavy atom. The Morgan fingerprint density at radius 2 is 1.81 bits per heavy atom. The maximum absolute atomic E-state index is 9.67. The van der Waals surface area contributed by atoms with Crippen molar-refractivity contribution in [3.05, 3.63) is 58.1 Å². The number of nitrogens with one attached hydrogen (secondary N) is 1. The zero-order valence-corrected chi connectivity index (χ0v) is 16.0. The van der Waals surface area contributed by atoms with Gasteiger partial charge in [-0.25, -0.2) is 0 Å². The van der Waals surface area contributed by atoms with Crippen LogP contribution in [0.15, 0.2) is 36.4 Å². The lowest BCUT2D eigenvalue weighted by Crippen LogP contribution is -2.43. The summed E-state index contributed by atoms with van der Waals surface area (Å²) >= 11 is 6.41. The molecule has 5 heteroatoms. The minimum absolute atomic E-state index is 0.0666. The molecule has 2 heterocycles. The Kier molecular flexibility index (Phi) is 4.38. The Labute approximate surface area is 159 Å². The zero-order valence-electron chi connectivity index (χ0n) is 15.3. The van der Waals surface area contributed by atoms with Crippen molar-refractivity contribution < 1.29 is 14.6 Å². The number of fused-ring (bicyclic) bond motifs is 3. The van der Waals surface area contributed by atoms with Gasteiger partial charge < -0.3 is 19.9 Å². The third-order valence-electron chi connectivity index (χ3n) is 5.17. The second-order valence-corrected chi connectivity index (χ2v) is 8.41. The number of anilines is 1. The molecule has 2 N–H and O–H groups in total. The molecule has 0 aliphatic carbocycles. The highest BCUT2D eigenvalue weighted by atomic mass is 35.5. The van der Waals surface area contributed by atoms with Crippen molar-refractivity contribution in [3.8, 4) is 5.75 Å². The highest BCUT2D eigenvalue weighted by Crippen LogP contribution is 2.46. The van der Waals surface area contributed by atoms with E-state index in [9.17, 15) is 5.11 Å². The molecule has 3 atom stereocenters. The van der Waals surface area contributed by atoms with Crippen molar-refractivity contribution in [1.82, 2.24) is 0 Å². The first-order chi connectivity index (χ1) is 12.3. The number of rotatable bonds is 1. The summed E-state index contributed by atoms with van der Waals surface area (Å²) in [6.07, 6.45) is -0.314. The van der Waals surface area contributed by atoms with Crippen molar-refractivity contribution in [2.75, 3.05) is 18.5 Å². The van der Waals surface area contributed by atoms with Crippen LogP contribution in [0.5, 0.6) is 5.75 Å². The molecule has 0 spiro atoms. The lowest BCUT2D eigenvalue weighted by molar-refractivity contribution is -0.151. The number of hydrogen-bond acceptors (Lipinski definition) is 4. The molecule has 0 saturated carbocycles. The first-order valence-electron chi connectivity index (χ1n) is 8.97. The van der Waals surface area contributed by atoms with Crippen molar-refractivity contribution in [3.63, 3.8) is 0 Å². The van der Waals surface area contributed by atoms with Gasteiger partial charge in [-0.15, -0.1) is 0 Å². The van der Waals surface area contributed by atoms with Gasteiger partial charge in [-0.05, 0) is 34.7 Å². The van der Waals surface area contributed by atoms with E-state index in [2.05, 4.69) is 44.3 Å². The smallest absolute Gasteiger partial charge is 0.117 e. The van der Waals surface area contributed by atoms with Gasteiger partial charge in [0.05, 0.1) is 19.3 Å². The number of halogens is 1. The molecule has 3 unspecified atom stereocenters. The standard InChI is InChI=1S/C21H24ClNO3/c1-21(2,3)12-4-7-17-15(10-12)19-20(26-9-8-25-19)18(23-17)14-6-5-13(24)11-16(14)22/h4-7,10-11,18-20,23-24H,8-9H2,1-3H3. The molecule has 0 bridgehead atoms. The van der Waals surface area contributed by atoms with E-state index in [1.54, 1.807) is 12.1 Å². The summed E-state index contributed by atoms with van der Waals surface area (Å²) in [5.74, 6) is 0.155. The van der Waals surface area contributed by atoms with Crippen LogP contribution < -0.4 is 5.32 Å². The van der Waals surface area contributed by atoms with Crippen LogP contribution in [0.1, 0.15) is 49.6 Å². The summed E-state index contributed by atoms with van der Waals surface area (Å²) in [6.45, 7) is 7.76. The Morgan fingerprint density at radius 1 is 1.04 bits per heavy atom. The van der Waals surface area contributed by atoms with Gasteiger partial charge in [0.2, 0.25) is 0 Å². The van der Waals surface area contributed by atoms with Crippen molar-refractivity contribution in [1.29, 1.82) is 0 Å². The molecular weight excluding hydrogens is 350 g/mol. The van der Waals surface area contributed by atoms with E-state index in [0.717, 1.165) is 16.8 Å². The van der Waals surface area contributed by atoms with Crippen LogP contribution in [-0.4, -0.2) is 24.4 Å². The van der Waals surface area contributed by atoms with Crippen molar-refractivity contribution in [2.45, 2.75) is 44.4 Å². The topological polar surface area (TPSA) is 50.7 Å². The van der Waals surface area contributed by atoms with E-state index in [1.807, 2.05) is 6.07 Å². The Bertz CT molecular complexity index is 830. The van der Waals surface area contributed by atoms with Gasteiger partial charge in [-0.3, -0.25) is 0 Å². The predicted octanol–water partition coefficient (Wildman–Crippen LogP) is 4.97. The number of ether oxygens (including phenoxy) is 2. The molecule has 26 heavy (non-hydrogen) atoms. The summed E-state index contributed by atoms with van der Waals surface area (Å²) in [7, 11) is 0. The van der Waals surface area contributed by atoms with Gasteiger partial charge >= 0.3 is 0 Å². The van der Waals surface area contributed by atoms with Crippen LogP contribution >= 0.6 is 11.6 Å². The molecule has 138 valence electrons. The Hall–Kier alpha value is -1.75. The first-order valence-corrected chi connectivity index (χ1v) is 9.35. The largest absolute Gasteiger partial charge is 0.508 e. The second-order valence-electron chi connectivity index (χ2n) is 8.01. The summed E-state index contributed by atoms with van der Waals surface area (Å²) in [4.78, 5) is 0. The number of phenolic OH excluding ortho intramolecular Hbond substituents is 1. The third kappa shape index (κ3) is 3.07. The SMILES string of the molecule is CC(C)(C)c1ccc2c(c1)C1OCCOC1C(c1ccc(O)cc1Cl)N2. The molecule has 2 aromatic carbocycles. The molecular formula is C21H24ClNO3. The molecule has 4 nitrogen and oxygen atoms in total. The van der Waals surface area contributed by atoms with E-state index in [1.165, 1.54) is 5.56 Å². The fraction of sp³-hybridized carbons (Fsp3) is 0.429. The molecule has 1 fully saturated rings. The zero-order chi connectivity index (χ0) is 18.5. The van der Waals surface area contributed by atoms with E-state index in [-0.39, 0.29) is 29.4 Å². The fourth-order valence-electron chi connectivity index (χ4n) is 3.75. The van der Waals surface area contributed by atoms with Crippen LogP contribution in [0, 0.1) is 0 Å². The fourth-order valence-corrected chi connectivity index (χ4v) is 4.04.